The number of methoxy groups -OCH3 is 1. The van der Waals surface area contributed by atoms with Crippen molar-refractivity contribution in [1.82, 2.24) is 4.90 Å². The highest BCUT2D eigenvalue weighted by Crippen LogP contribution is 2.12. The van der Waals surface area contributed by atoms with Gasteiger partial charge in [-0.2, -0.15) is 0 Å². The fraction of sp³-hybridized carbons (Fsp3) is 0.438. The molecule has 0 spiro atoms. The Balaban J connectivity index is 2.69. The van der Waals surface area contributed by atoms with Gasteiger partial charge in [0.2, 0.25) is 5.91 Å². The van der Waals surface area contributed by atoms with Gasteiger partial charge in [-0.1, -0.05) is 12.1 Å². The van der Waals surface area contributed by atoms with E-state index in [9.17, 15) is 9.90 Å². The minimum absolute atomic E-state index is 0.106. The number of ether oxygens (including phenoxy) is 1. The van der Waals surface area contributed by atoms with Gasteiger partial charge in [-0.3, -0.25) is 4.79 Å². The van der Waals surface area contributed by atoms with E-state index >= 15 is 0 Å². The van der Waals surface area contributed by atoms with Crippen molar-refractivity contribution in [3.05, 3.63) is 35.9 Å². The van der Waals surface area contributed by atoms with E-state index in [-0.39, 0.29) is 5.91 Å². The molecule has 1 rings (SSSR count). The number of carbonyl (C=O) groups excluding carboxylic acids is 1. The van der Waals surface area contributed by atoms with Gasteiger partial charge in [0.05, 0.1) is 12.7 Å². The Bertz CT molecular complexity index is 458. The zero-order chi connectivity index (χ0) is 15.2. The average molecular weight is 277 g/mol. The fourth-order valence-electron chi connectivity index (χ4n) is 1.80. The number of nitrogens with zero attached hydrogens (tertiary/aromatic N) is 1. The Morgan fingerprint density at radius 1 is 1.35 bits per heavy atom. The number of amides is 1. The van der Waals surface area contributed by atoms with Crippen LogP contribution in [0.4, 0.5) is 0 Å². The lowest BCUT2D eigenvalue weighted by atomic mass is 10.1. The predicted octanol–water partition coefficient (Wildman–Crippen LogP) is 2.33. The van der Waals surface area contributed by atoms with Crippen molar-refractivity contribution >= 4 is 12.0 Å². The minimum atomic E-state index is -0.889. The Kier molecular flexibility index (Phi) is 5.77. The normalized spacial score (nSPS) is 11.7. The number of carbonyl (C=O) groups is 1. The van der Waals surface area contributed by atoms with E-state index in [2.05, 4.69) is 0 Å². The van der Waals surface area contributed by atoms with E-state index in [4.69, 9.17) is 4.74 Å². The summed E-state index contributed by atoms with van der Waals surface area (Å²) >= 11 is 0. The molecule has 4 heteroatoms. The molecule has 0 aliphatic heterocycles. The molecule has 20 heavy (non-hydrogen) atoms. The number of benzene rings is 1. The van der Waals surface area contributed by atoms with E-state index in [1.165, 1.54) is 6.08 Å². The van der Waals surface area contributed by atoms with Crippen molar-refractivity contribution in [2.24, 2.45) is 0 Å². The number of rotatable bonds is 6. The standard InChI is InChI=1S/C16H23NO3/c1-5-17(12-16(2,3)19)15(18)11-8-13-6-9-14(20-4)10-7-13/h6-11,19H,5,12H2,1-4H3. The third-order valence-electron chi connectivity index (χ3n) is 2.81. The average Bonchev–Trinajstić information content (AvgIpc) is 2.41. The van der Waals surface area contributed by atoms with Gasteiger partial charge in [0.1, 0.15) is 5.75 Å². The Morgan fingerprint density at radius 3 is 2.40 bits per heavy atom. The minimum Gasteiger partial charge on any atom is -0.497 e. The highest BCUT2D eigenvalue weighted by molar-refractivity contribution is 5.91. The third-order valence-corrected chi connectivity index (χ3v) is 2.81. The molecule has 0 radical (unpaired) electrons. The van der Waals surface area contributed by atoms with Gasteiger partial charge >= 0.3 is 0 Å². The molecule has 110 valence electrons. The molecule has 0 aliphatic carbocycles. The molecule has 1 amide bonds. The first-order valence-corrected chi connectivity index (χ1v) is 6.69. The maximum Gasteiger partial charge on any atom is 0.246 e. The maximum atomic E-state index is 12.1. The lowest BCUT2D eigenvalue weighted by Gasteiger charge is -2.27. The smallest absolute Gasteiger partial charge is 0.246 e. The second kappa shape index (κ2) is 7.10. The Morgan fingerprint density at radius 2 is 1.95 bits per heavy atom. The second-order valence-corrected chi connectivity index (χ2v) is 5.27. The van der Waals surface area contributed by atoms with Crippen molar-refractivity contribution in [1.29, 1.82) is 0 Å². The van der Waals surface area contributed by atoms with Crippen LogP contribution in [-0.2, 0) is 4.79 Å². The van der Waals surface area contributed by atoms with Crippen LogP contribution < -0.4 is 4.74 Å². The molecule has 0 heterocycles. The van der Waals surface area contributed by atoms with Gasteiger partial charge in [0.15, 0.2) is 0 Å². The van der Waals surface area contributed by atoms with Crippen molar-refractivity contribution in [2.45, 2.75) is 26.4 Å². The van der Waals surface area contributed by atoms with Crippen LogP contribution >= 0.6 is 0 Å². The zero-order valence-corrected chi connectivity index (χ0v) is 12.6. The van der Waals surface area contributed by atoms with Gasteiger partial charge in [0, 0.05) is 19.2 Å². The lowest BCUT2D eigenvalue weighted by molar-refractivity contribution is -0.128. The summed E-state index contributed by atoms with van der Waals surface area (Å²) in [4.78, 5) is 13.7. The Labute approximate surface area is 120 Å². The first kappa shape index (κ1) is 16.2. The molecular formula is C16H23NO3. The maximum absolute atomic E-state index is 12.1. The molecule has 0 saturated heterocycles. The molecule has 0 aliphatic rings. The summed E-state index contributed by atoms with van der Waals surface area (Å²) in [5, 5.41) is 9.78. The molecular weight excluding hydrogens is 254 g/mol. The van der Waals surface area contributed by atoms with Gasteiger partial charge < -0.3 is 14.7 Å². The lowest BCUT2D eigenvalue weighted by Crippen LogP contribution is -2.41. The van der Waals surface area contributed by atoms with E-state index in [0.29, 0.717) is 13.1 Å². The first-order chi connectivity index (χ1) is 9.35. The molecule has 0 aromatic heterocycles. The second-order valence-electron chi connectivity index (χ2n) is 5.27. The number of likely N-dealkylation sites (N-methyl/N-ethyl adjacent to an activating group) is 1. The molecule has 1 aromatic carbocycles. The molecule has 0 saturated carbocycles. The number of hydrogen-bond donors (Lipinski definition) is 1. The highest BCUT2D eigenvalue weighted by Gasteiger charge is 2.19. The van der Waals surface area contributed by atoms with Crippen LogP contribution in [0, 0.1) is 0 Å². The van der Waals surface area contributed by atoms with Crippen LogP contribution in [0.15, 0.2) is 30.3 Å². The summed E-state index contributed by atoms with van der Waals surface area (Å²) in [6, 6.07) is 7.46. The van der Waals surface area contributed by atoms with Crippen LogP contribution in [0.1, 0.15) is 26.3 Å². The van der Waals surface area contributed by atoms with Crippen molar-refractivity contribution in [3.63, 3.8) is 0 Å². The van der Waals surface area contributed by atoms with Crippen LogP contribution in [0.2, 0.25) is 0 Å². The van der Waals surface area contributed by atoms with Gasteiger partial charge in [-0.05, 0) is 44.5 Å². The fourth-order valence-corrected chi connectivity index (χ4v) is 1.80. The predicted molar refractivity (Wildman–Crippen MR) is 80.6 cm³/mol. The largest absolute Gasteiger partial charge is 0.497 e. The SMILES string of the molecule is CCN(CC(C)(C)O)C(=O)C=Cc1ccc(OC)cc1. The molecule has 0 unspecified atom stereocenters. The third kappa shape index (κ3) is 5.45. The van der Waals surface area contributed by atoms with E-state index in [0.717, 1.165) is 11.3 Å². The van der Waals surface area contributed by atoms with Crippen molar-refractivity contribution < 1.29 is 14.6 Å². The summed E-state index contributed by atoms with van der Waals surface area (Å²) in [6.07, 6.45) is 3.28. The molecule has 0 bridgehead atoms. The van der Waals surface area contributed by atoms with Crippen LogP contribution in [0.25, 0.3) is 6.08 Å². The van der Waals surface area contributed by atoms with Crippen molar-refractivity contribution in [3.8, 4) is 5.75 Å². The summed E-state index contributed by atoms with van der Waals surface area (Å²) in [5.74, 6) is 0.677. The molecule has 1 aromatic rings. The summed E-state index contributed by atoms with van der Waals surface area (Å²) in [7, 11) is 1.62. The first-order valence-electron chi connectivity index (χ1n) is 6.69. The van der Waals surface area contributed by atoms with E-state index < -0.39 is 5.60 Å². The van der Waals surface area contributed by atoms with Crippen LogP contribution in [0.3, 0.4) is 0 Å². The summed E-state index contributed by atoms with van der Waals surface area (Å²) in [5.41, 5.74) is 0.0399. The zero-order valence-electron chi connectivity index (χ0n) is 12.6. The Hall–Kier alpha value is -1.81. The molecule has 0 atom stereocenters. The molecule has 0 fully saturated rings. The topological polar surface area (TPSA) is 49.8 Å². The van der Waals surface area contributed by atoms with Crippen molar-refractivity contribution in [2.75, 3.05) is 20.2 Å². The molecule has 1 N–H and O–H groups in total. The van der Waals surface area contributed by atoms with Gasteiger partial charge in [0.25, 0.3) is 0 Å². The number of hydrogen-bond acceptors (Lipinski definition) is 3. The van der Waals surface area contributed by atoms with Crippen LogP contribution in [0.5, 0.6) is 5.75 Å². The number of aliphatic hydroxyl groups is 1. The highest BCUT2D eigenvalue weighted by atomic mass is 16.5. The van der Waals surface area contributed by atoms with Gasteiger partial charge in [-0.15, -0.1) is 0 Å². The monoisotopic (exact) mass is 277 g/mol. The quantitative estimate of drug-likeness (QED) is 0.812. The summed E-state index contributed by atoms with van der Waals surface area (Å²) in [6.45, 7) is 6.15. The van der Waals surface area contributed by atoms with E-state index in [1.807, 2.05) is 31.2 Å². The van der Waals surface area contributed by atoms with Crippen LogP contribution in [-0.4, -0.2) is 41.7 Å². The van der Waals surface area contributed by atoms with E-state index in [1.54, 1.807) is 31.9 Å². The van der Waals surface area contributed by atoms with Gasteiger partial charge in [-0.25, -0.2) is 0 Å². The molecule has 4 nitrogen and oxygen atoms in total. The summed E-state index contributed by atoms with van der Waals surface area (Å²) < 4.78 is 5.08.